The zero-order chi connectivity index (χ0) is 15.1. The SMILES string of the molecule is CCCc1ccc(-n2nnnc2C(C)NCCOC)cc1. The maximum atomic E-state index is 5.04. The summed E-state index contributed by atoms with van der Waals surface area (Å²) in [5, 5.41) is 15.4. The Bertz CT molecular complexity index is 537. The number of aryl methyl sites for hydroxylation is 1. The highest BCUT2D eigenvalue weighted by atomic mass is 16.5. The van der Waals surface area contributed by atoms with E-state index in [0.29, 0.717) is 6.61 Å². The summed E-state index contributed by atoms with van der Waals surface area (Å²) in [5.41, 5.74) is 2.32. The predicted octanol–water partition coefficient (Wildman–Crippen LogP) is 1.91. The second-order valence-corrected chi connectivity index (χ2v) is 5.03. The van der Waals surface area contributed by atoms with Crippen LogP contribution in [0.4, 0.5) is 0 Å². The molecule has 2 aromatic rings. The number of nitrogens with one attached hydrogen (secondary N) is 1. The van der Waals surface area contributed by atoms with Crippen LogP contribution in [0.15, 0.2) is 24.3 Å². The second-order valence-electron chi connectivity index (χ2n) is 5.03. The molecule has 6 heteroatoms. The van der Waals surface area contributed by atoms with Gasteiger partial charge in [0.05, 0.1) is 18.3 Å². The minimum atomic E-state index is 0.0606. The fourth-order valence-electron chi connectivity index (χ4n) is 2.21. The van der Waals surface area contributed by atoms with Gasteiger partial charge < -0.3 is 10.1 Å². The molecular weight excluding hydrogens is 266 g/mol. The molecule has 0 amide bonds. The van der Waals surface area contributed by atoms with E-state index in [1.165, 1.54) is 5.56 Å². The van der Waals surface area contributed by atoms with Gasteiger partial charge in [0.25, 0.3) is 0 Å². The van der Waals surface area contributed by atoms with Crippen molar-refractivity contribution in [1.29, 1.82) is 0 Å². The van der Waals surface area contributed by atoms with Crippen molar-refractivity contribution >= 4 is 0 Å². The number of benzene rings is 1. The predicted molar refractivity (Wildman–Crippen MR) is 81.4 cm³/mol. The van der Waals surface area contributed by atoms with Crippen molar-refractivity contribution in [2.75, 3.05) is 20.3 Å². The molecule has 1 aromatic carbocycles. The summed E-state index contributed by atoms with van der Waals surface area (Å²) in [4.78, 5) is 0. The Hall–Kier alpha value is -1.79. The molecule has 6 nitrogen and oxygen atoms in total. The Labute approximate surface area is 125 Å². The first-order valence-corrected chi connectivity index (χ1v) is 7.36. The van der Waals surface area contributed by atoms with E-state index in [9.17, 15) is 0 Å². The maximum absolute atomic E-state index is 5.04. The van der Waals surface area contributed by atoms with E-state index in [4.69, 9.17) is 4.74 Å². The van der Waals surface area contributed by atoms with Crippen LogP contribution in [0.1, 0.15) is 37.7 Å². The lowest BCUT2D eigenvalue weighted by atomic mass is 10.1. The number of hydrogen-bond acceptors (Lipinski definition) is 5. The maximum Gasteiger partial charge on any atom is 0.173 e. The molecule has 0 aliphatic carbocycles. The number of rotatable bonds is 8. The molecule has 0 saturated carbocycles. The molecular formula is C15H23N5O. The van der Waals surface area contributed by atoms with Crippen LogP contribution in [0.5, 0.6) is 0 Å². The van der Waals surface area contributed by atoms with E-state index < -0.39 is 0 Å². The smallest absolute Gasteiger partial charge is 0.173 e. The standard InChI is InChI=1S/C15H23N5O/c1-4-5-13-6-8-14(9-7-13)20-15(17-18-19-20)12(2)16-10-11-21-3/h6-9,12,16H,4-5,10-11H2,1-3H3. The summed E-state index contributed by atoms with van der Waals surface area (Å²) in [5.74, 6) is 0.800. The third-order valence-electron chi connectivity index (χ3n) is 3.36. The van der Waals surface area contributed by atoms with Gasteiger partial charge in [-0.25, -0.2) is 0 Å². The Morgan fingerprint density at radius 3 is 2.71 bits per heavy atom. The average molecular weight is 289 g/mol. The molecule has 1 N–H and O–H groups in total. The molecule has 0 fully saturated rings. The lowest BCUT2D eigenvalue weighted by Gasteiger charge is -2.13. The topological polar surface area (TPSA) is 64.9 Å². The third kappa shape index (κ3) is 4.09. The highest BCUT2D eigenvalue weighted by molar-refractivity contribution is 5.34. The fourth-order valence-corrected chi connectivity index (χ4v) is 2.21. The number of ether oxygens (including phenoxy) is 1. The van der Waals surface area contributed by atoms with Crippen molar-refractivity contribution in [2.24, 2.45) is 0 Å². The summed E-state index contributed by atoms with van der Waals surface area (Å²) >= 11 is 0. The molecule has 0 radical (unpaired) electrons. The largest absolute Gasteiger partial charge is 0.383 e. The molecule has 0 aliphatic heterocycles. The van der Waals surface area contributed by atoms with Gasteiger partial charge in [-0.1, -0.05) is 25.5 Å². The van der Waals surface area contributed by atoms with Crippen LogP contribution in [-0.4, -0.2) is 40.5 Å². The monoisotopic (exact) mass is 289 g/mol. The normalized spacial score (nSPS) is 12.5. The first-order chi connectivity index (χ1) is 10.3. The van der Waals surface area contributed by atoms with Gasteiger partial charge in [0, 0.05) is 13.7 Å². The van der Waals surface area contributed by atoms with E-state index in [2.05, 4.69) is 52.0 Å². The first kappa shape index (κ1) is 15.6. The highest BCUT2D eigenvalue weighted by Gasteiger charge is 2.15. The molecule has 0 aliphatic rings. The van der Waals surface area contributed by atoms with E-state index in [1.807, 2.05) is 6.92 Å². The minimum absolute atomic E-state index is 0.0606. The zero-order valence-corrected chi connectivity index (χ0v) is 12.9. The van der Waals surface area contributed by atoms with Crippen LogP contribution in [0.3, 0.4) is 0 Å². The molecule has 1 aromatic heterocycles. The number of hydrogen-bond donors (Lipinski definition) is 1. The number of tetrazole rings is 1. The Morgan fingerprint density at radius 2 is 2.05 bits per heavy atom. The quantitative estimate of drug-likeness (QED) is 0.752. The van der Waals surface area contributed by atoms with Crippen molar-refractivity contribution in [3.8, 4) is 5.69 Å². The second kappa shape index (κ2) is 7.85. The summed E-state index contributed by atoms with van der Waals surface area (Å²) in [6.07, 6.45) is 2.24. The molecule has 1 atom stereocenters. The van der Waals surface area contributed by atoms with Gasteiger partial charge in [0.15, 0.2) is 5.82 Å². The molecule has 114 valence electrons. The number of methoxy groups -OCH3 is 1. The minimum Gasteiger partial charge on any atom is -0.383 e. The lowest BCUT2D eigenvalue weighted by molar-refractivity contribution is 0.196. The lowest BCUT2D eigenvalue weighted by Crippen LogP contribution is -2.25. The molecule has 0 saturated heterocycles. The summed E-state index contributed by atoms with van der Waals surface area (Å²) in [7, 11) is 1.69. The van der Waals surface area contributed by atoms with Crippen molar-refractivity contribution in [3.05, 3.63) is 35.7 Å². The molecule has 0 bridgehead atoms. The van der Waals surface area contributed by atoms with E-state index in [1.54, 1.807) is 11.8 Å². The van der Waals surface area contributed by atoms with Crippen LogP contribution >= 0.6 is 0 Å². The summed E-state index contributed by atoms with van der Waals surface area (Å²) in [6.45, 7) is 5.65. The fraction of sp³-hybridized carbons (Fsp3) is 0.533. The van der Waals surface area contributed by atoms with Gasteiger partial charge in [-0.2, -0.15) is 4.68 Å². The zero-order valence-electron chi connectivity index (χ0n) is 12.9. The molecule has 21 heavy (non-hydrogen) atoms. The van der Waals surface area contributed by atoms with Crippen molar-refractivity contribution in [1.82, 2.24) is 25.5 Å². The third-order valence-corrected chi connectivity index (χ3v) is 3.36. The van der Waals surface area contributed by atoms with E-state index in [0.717, 1.165) is 30.9 Å². The average Bonchev–Trinajstić information content (AvgIpc) is 2.98. The van der Waals surface area contributed by atoms with Crippen LogP contribution in [0, 0.1) is 0 Å². The number of aromatic nitrogens is 4. The molecule has 1 heterocycles. The van der Waals surface area contributed by atoms with Gasteiger partial charge in [-0.3, -0.25) is 0 Å². The summed E-state index contributed by atoms with van der Waals surface area (Å²) < 4.78 is 6.82. The highest BCUT2D eigenvalue weighted by Crippen LogP contribution is 2.15. The Balaban J connectivity index is 2.11. The van der Waals surface area contributed by atoms with Crippen molar-refractivity contribution in [2.45, 2.75) is 32.7 Å². The Kier molecular flexibility index (Phi) is 5.83. The van der Waals surface area contributed by atoms with Gasteiger partial charge in [0.2, 0.25) is 0 Å². The van der Waals surface area contributed by atoms with E-state index >= 15 is 0 Å². The van der Waals surface area contributed by atoms with E-state index in [-0.39, 0.29) is 6.04 Å². The van der Waals surface area contributed by atoms with Crippen LogP contribution in [0.2, 0.25) is 0 Å². The van der Waals surface area contributed by atoms with Gasteiger partial charge in [0.1, 0.15) is 0 Å². The molecule has 2 rings (SSSR count). The van der Waals surface area contributed by atoms with Crippen molar-refractivity contribution < 1.29 is 4.74 Å². The van der Waals surface area contributed by atoms with Crippen LogP contribution in [0.25, 0.3) is 5.69 Å². The van der Waals surface area contributed by atoms with Crippen molar-refractivity contribution in [3.63, 3.8) is 0 Å². The molecule has 0 spiro atoms. The Morgan fingerprint density at radius 1 is 1.29 bits per heavy atom. The van der Waals surface area contributed by atoms with Crippen LogP contribution < -0.4 is 5.32 Å². The van der Waals surface area contributed by atoms with Gasteiger partial charge in [-0.15, -0.1) is 5.10 Å². The van der Waals surface area contributed by atoms with Crippen LogP contribution in [-0.2, 0) is 11.2 Å². The first-order valence-electron chi connectivity index (χ1n) is 7.36. The molecule has 1 unspecified atom stereocenters. The number of nitrogens with zero attached hydrogens (tertiary/aromatic N) is 4. The summed E-state index contributed by atoms with van der Waals surface area (Å²) in [6, 6.07) is 8.45. The van der Waals surface area contributed by atoms with Gasteiger partial charge >= 0.3 is 0 Å². The van der Waals surface area contributed by atoms with Gasteiger partial charge in [-0.05, 0) is 41.5 Å².